The lowest BCUT2D eigenvalue weighted by Crippen LogP contribution is -2.32. The zero-order valence-electron chi connectivity index (χ0n) is 69.7. The summed E-state index contributed by atoms with van der Waals surface area (Å²) in [5.41, 5.74) is 2.82. The Bertz CT molecular complexity index is 6400. The number of aromatic nitrogens is 24. The summed E-state index contributed by atoms with van der Waals surface area (Å²) < 4.78 is 156. The first-order chi connectivity index (χ1) is 64.7. The number of halogens is 10. The number of benzene rings is 6. The fourth-order valence-corrected chi connectivity index (χ4v) is 14.7. The second-order valence-electron chi connectivity index (χ2n) is 30.2. The Labute approximate surface area is 745 Å². The number of para-hydroxylation sites is 1. The van der Waals surface area contributed by atoms with E-state index in [4.69, 9.17) is 9.47 Å². The molecule has 16 aromatic rings. The van der Waals surface area contributed by atoms with E-state index in [1.54, 1.807) is 29.2 Å². The normalized spacial score (nSPS) is 14.6. The average Bonchev–Trinajstić information content (AvgIpc) is 1.75. The molecular weight excluding hydrogens is 1750 g/mol. The zero-order chi connectivity index (χ0) is 92.6. The predicted octanol–water partition coefficient (Wildman–Crippen LogP) is 12.5. The molecule has 46 heteroatoms. The number of amides is 5. The van der Waals surface area contributed by atoms with Gasteiger partial charge in [-0.25, -0.2) is 73.8 Å². The number of carbonyl (C=O) groups excluding carboxylic acids is 5. The fourth-order valence-electron chi connectivity index (χ4n) is 14.7. The summed E-state index contributed by atoms with van der Waals surface area (Å²) in [7, 11) is 0. The van der Waals surface area contributed by atoms with E-state index in [0.29, 0.717) is 91.7 Å². The number of hydrogen-bond donors (Lipinski definition) is 9. The van der Waals surface area contributed by atoms with Crippen molar-refractivity contribution < 1.29 is 77.4 Å². The Morgan fingerprint density at radius 3 is 1.06 bits per heavy atom. The van der Waals surface area contributed by atoms with Crippen LogP contribution in [-0.4, -0.2) is 211 Å². The van der Waals surface area contributed by atoms with E-state index in [1.807, 2.05) is 6.07 Å². The van der Waals surface area contributed by atoms with Gasteiger partial charge in [-0.05, 0) is 130 Å². The minimum atomic E-state index is -1.03. The Balaban J connectivity index is 0.000000121. The number of likely N-dealkylation sites (tertiary alicyclic amines) is 1. The van der Waals surface area contributed by atoms with Gasteiger partial charge in [0.05, 0.1) is 95.5 Å². The third-order valence-electron chi connectivity index (χ3n) is 21.4. The molecule has 0 bridgehead atoms. The van der Waals surface area contributed by atoms with Gasteiger partial charge in [0.25, 0.3) is 29.5 Å². The maximum atomic E-state index is 14.1. The molecule has 4 fully saturated rings. The highest BCUT2D eigenvalue weighted by Crippen LogP contribution is 2.31. The molecule has 1 aliphatic carbocycles. The van der Waals surface area contributed by atoms with Crippen molar-refractivity contribution in [1.82, 2.24) is 139 Å². The lowest BCUT2D eigenvalue weighted by molar-refractivity contribution is 0.0780. The minimum absolute atomic E-state index is 0.0153. The molecule has 36 nitrogen and oxygen atoms in total. The minimum Gasteiger partial charge on any atom is -0.376 e. The second kappa shape index (κ2) is 41.4. The van der Waals surface area contributed by atoms with Gasteiger partial charge in [0, 0.05) is 51.6 Å². The monoisotopic (exact) mass is 1830 g/mol. The Kier molecular flexibility index (Phi) is 28.1. The Morgan fingerprint density at radius 2 is 0.684 bits per heavy atom. The van der Waals surface area contributed by atoms with E-state index in [-0.39, 0.29) is 117 Å². The molecule has 3 aliphatic heterocycles. The highest BCUT2D eigenvalue weighted by atomic mass is 19.2. The van der Waals surface area contributed by atoms with Crippen LogP contribution in [0.1, 0.15) is 117 Å². The molecule has 6 aromatic carbocycles. The maximum Gasteiger partial charge on any atom is 0.291 e. The van der Waals surface area contributed by atoms with Gasteiger partial charge in [0.2, 0.25) is 0 Å². The number of rotatable bonds is 22. The van der Waals surface area contributed by atoms with Crippen LogP contribution in [0.15, 0.2) is 190 Å². The molecule has 682 valence electrons. The third-order valence-corrected chi connectivity index (χ3v) is 21.4. The quantitative estimate of drug-likeness (QED) is 0.0285. The SMILES string of the molecule is O=C(NCC1CCCC1)c1ncc(-c2nncn2-c2cccc(F)c2F)[nH]1.O=C(NC[C@@H]1CCCO1)c1ncc(-c2cncn2-c2cccc(F)c2F)[nH]1.O=C(NC[C@@H]1CCCO1)c1ncc(-c2nncn2-c2cccc(F)c2F)[nH]1.O=C(Nc1ccccc1)c1ncc(-c2nncn2-c2cccc(F)c2F)[nH]1.O=C(c1ncc(-c2nncn2-c2cccc(F)c2F)[nH]1)N1CCCC1. The summed E-state index contributed by atoms with van der Waals surface area (Å²) >= 11 is 0. The highest BCUT2D eigenvalue weighted by Gasteiger charge is 2.29. The number of hydrogen-bond acceptors (Lipinski definition) is 21. The topological polar surface area (TPSA) is 439 Å². The number of imidazole rings is 6. The van der Waals surface area contributed by atoms with Gasteiger partial charge in [-0.1, -0.05) is 61.4 Å². The summed E-state index contributed by atoms with van der Waals surface area (Å²) in [6.45, 7) is 4.28. The van der Waals surface area contributed by atoms with Gasteiger partial charge in [-0.3, -0.25) is 46.8 Å². The van der Waals surface area contributed by atoms with Crippen molar-refractivity contribution in [2.75, 3.05) is 51.3 Å². The molecule has 9 N–H and O–H groups in total. The van der Waals surface area contributed by atoms with Gasteiger partial charge >= 0.3 is 0 Å². The van der Waals surface area contributed by atoms with Crippen LogP contribution in [0.4, 0.5) is 49.6 Å². The van der Waals surface area contributed by atoms with Crippen LogP contribution in [0.25, 0.3) is 85.9 Å². The van der Waals surface area contributed by atoms with Crippen molar-refractivity contribution in [2.24, 2.45) is 5.92 Å². The Morgan fingerprint density at radius 1 is 0.346 bits per heavy atom. The van der Waals surface area contributed by atoms with Crippen LogP contribution < -0.4 is 21.3 Å². The number of nitrogens with zero attached hydrogens (tertiary/aromatic N) is 20. The molecular formula is C87H77F10N29O7. The van der Waals surface area contributed by atoms with Crippen LogP contribution in [0.3, 0.4) is 0 Å². The first kappa shape index (κ1) is 90.1. The molecule has 0 unspecified atom stereocenters. The number of nitrogens with one attached hydrogen (secondary N) is 9. The summed E-state index contributed by atoms with van der Waals surface area (Å²) in [6.07, 6.45) is 25.4. The van der Waals surface area contributed by atoms with E-state index in [2.05, 4.69) is 117 Å². The molecule has 5 amide bonds. The van der Waals surface area contributed by atoms with Crippen LogP contribution >= 0.6 is 0 Å². The smallest absolute Gasteiger partial charge is 0.291 e. The van der Waals surface area contributed by atoms with Gasteiger partial charge in [-0.15, -0.1) is 40.8 Å². The molecule has 1 saturated carbocycles. The molecule has 133 heavy (non-hydrogen) atoms. The molecule has 20 rings (SSSR count). The molecule has 2 atom stereocenters. The summed E-state index contributed by atoms with van der Waals surface area (Å²) in [5.74, 6) is -9.66. The first-order valence-electron chi connectivity index (χ1n) is 41.5. The van der Waals surface area contributed by atoms with Crippen molar-refractivity contribution in [3.05, 3.63) is 277 Å². The van der Waals surface area contributed by atoms with Crippen molar-refractivity contribution in [3.8, 4) is 85.9 Å². The van der Waals surface area contributed by atoms with Gasteiger partial charge in [-0.2, -0.15) is 0 Å². The standard InChI is InChI=1S/C18H18F2N6O.C18H12F2N6O.C18H17F2N5O2.C17H16F2N6O2.C16H14F2N6O/c19-12-6-3-7-14(15(12)20)26-10-23-25-17(26)13-9-21-16(24-13)18(27)22-8-11-4-1-2-5-11;19-12-7-4-8-14(15(12)20)26-10-22-25-17(26)13-9-21-16(24-13)18(27)23-11-5-2-1-3-6-11;19-12-4-1-5-14(16(12)20)25-10-21-9-15(25)13-8-22-17(24-13)18(26)23-7-11-3-2-6-27-11;18-11-4-1-5-13(14(11)19)25-9-22-24-16(25)12-8-20-15(23-12)17(26)21-7-10-3-2-6-27-10;17-10-4-3-5-12(13(10)18)24-9-20-22-15(24)11-8-19-14(21-11)16(25)23-6-1-2-7-23/h3,6-7,9-11H,1-2,4-5,8H2,(H,21,24)(H,22,27);1-10H,(H,21,24)(H,23,27);1,4-5,8-11H,2-3,6-7H2,(H,22,24)(H,23,26);1,4-5,8-10H,2-3,6-7H2,(H,20,23)(H,21,26);3-5,8-9H,1-2,6-7H2,(H,19,21)/t;;11-;10-;/m..00./s1. The maximum absolute atomic E-state index is 14.1. The molecule has 10 aromatic heterocycles. The molecule has 3 saturated heterocycles. The number of carbonyl (C=O) groups is 5. The number of anilines is 1. The predicted molar refractivity (Wildman–Crippen MR) is 453 cm³/mol. The molecule has 0 radical (unpaired) electrons. The number of aromatic amines is 5. The summed E-state index contributed by atoms with van der Waals surface area (Å²) in [5, 5.41) is 41.8. The average molecular weight is 1830 g/mol. The van der Waals surface area contributed by atoms with E-state index < -0.39 is 64.1 Å². The number of H-pyrrole nitrogens is 5. The molecule has 0 spiro atoms. The van der Waals surface area contributed by atoms with Gasteiger partial charge in [0.15, 0.2) is 111 Å². The van der Waals surface area contributed by atoms with Crippen LogP contribution in [0, 0.1) is 64.1 Å². The van der Waals surface area contributed by atoms with Crippen molar-refractivity contribution in [2.45, 2.75) is 76.4 Å². The summed E-state index contributed by atoms with van der Waals surface area (Å²) in [4.78, 5) is 102. The van der Waals surface area contributed by atoms with Crippen molar-refractivity contribution in [1.29, 1.82) is 0 Å². The van der Waals surface area contributed by atoms with E-state index in [0.717, 1.165) is 81.7 Å². The molecule has 13 heterocycles. The fraction of sp³-hybridized carbons (Fsp3) is 0.230. The van der Waals surface area contributed by atoms with Gasteiger partial charge in [0.1, 0.15) is 48.1 Å². The second-order valence-corrected chi connectivity index (χ2v) is 30.2. The third kappa shape index (κ3) is 20.9. The lowest BCUT2D eigenvalue weighted by atomic mass is 10.1. The van der Waals surface area contributed by atoms with Crippen LogP contribution in [0.2, 0.25) is 0 Å². The zero-order valence-corrected chi connectivity index (χ0v) is 69.7. The highest BCUT2D eigenvalue weighted by molar-refractivity contribution is 6.02. The van der Waals surface area contributed by atoms with Crippen molar-refractivity contribution >= 4 is 35.2 Å². The van der Waals surface area contributed by atoms with Gasteiger partial charge < -0.3 is 60.6 Å². The lowest BCUT2D eigenvalue weighted by Gasteiger charge is -2.12. The van der Waals surface area contributed by atoms with Crippen LogP contribution in [-0.2, 0) is 9.47 Å². The summed E-state index contributed by atoms with van der Waals surface area (Å²) in [6, 6.07) is 28.1. The van der Waals surface area contributed by atoms with Crippen LogP contribution in [0.5, 0.6) is 0 Å². The Hall–Kier alpha value is -16.3. The van der Waals surface area contributed by atoms with Crippen molar-refractivity contribution in [3.63, 3.8) is 0 Å². The van der Waals surface area contributed by atoms with E-state index >= 15 is 0 Å². The number of ether oxygens (including phenoxy) is 2. The van der Waals surface area contributed by atoms with E-state index in [9.17, 15) is 67.9 Å². The first-order valence-corrected chi connectivity index (χ1v) is 41.5. The molecule has 4 aliphatic rings. The van der Waals surface area contributed by atoms with E-state index in [1.165, 1.54) is 165 Å². The largest absolute Gasteiger partial charge is 0.376 e.